The van der Waals surface area contributed by atoms with Gasteiger partial charge in [0.05, 0.1) is 12.7 Å². The second-order valence-electron chi connectivity index (χ2n) is 4.26. The minimum atomic E-state index is -0.379. The molecule has 2 aromatic rings. The maximum absolute atomic E-state index is 12.0. The van der Waals surface area contributed by atoms with Crippen molar-refractivity contribution in [3.8, 4) is 5.75 Å². The number of esters is 1. The van der Waals surface area contributed by atoms with Crippen LogP contribution in [0, 0.1) is 0 Å². The molecule has 0 aromatic heterocycles. The molecule has 0 bridgehead atoms. The summed E-state index contributed by atoms with van der Waals surface area (Å²) in [5.74, 6) is 0.227. The number of hydrogen-bond donors (Lipinski definition) is 0. The van der Waals surface area contributed by atoms with Crippen LogP contribution < -0.4 is 4.74 Å². The number of benzene rings is 2. The van der Waals surface area contributed by atoms with Crippen molar-refractivity contribution in [3.05, 3.63) is 71.8 Å². The van der Waals surface area contributed by atoms with E-state index in [4.69, 9.17) is 9.47 Å². The Labute approximate surface area is 118 Å². The Balaban J connectivity index is 2.10. The van der Waals surface area contributed by atoms with E-state index in [2.05, 4.69) is 6.58 Å². The third kappa shape index (κ3) is 3.48. The average molecular weight is 268 g/mol. The molecule has 3 nitrogen and oxygen atoms in total. The highest BCUT2D eigenvalue weighted by Gasteiger charge is 2.10. The third-order valence-electron chi connectivity index (χ3n) is 2.85. The van der Waals surface area contributed by atoms with E-state index in [1.54, 1.807) is 31.4 Å². The fourth-order valence-electron chi connectivity index (χ4n) is 1.78. The van der Waals surface area contributed by atoms with Gasteiger partial charge in [0.1, 0.15) is 12.4 Å². The van der Waals surface area contributed by atoms with Crippen molar-refractivity contribution in [2.24, 2.45) is 0 Å². The van der Waals surface area contributed by atoms with Crippen LogP contribution in [-0.4, -0.2) is 13.1 Å². The van der Waals surface area contributed by atoms with Crippen LogP contribution in [0.15, 0.2) is 55.1 Å². The topological polar surface area (TPSA) is 35.5 Å². The minimum absolute atomic E-state index is 0.250. The van der Waals surface area contributed by atoms with Gasteiger partial charge >= 0.3 is 5.97 Å². The first-order chi connectivity index (χ1) is 9.72. The van der Waals surface area contributed by atoms with E-state index in [1.807, 2.05) is 30.3 Å². The quantitative estimate of drug-likeness (QED) is 0.776. The molecule has 0 heterocycles. The van der Waals surface area contributed by atoms with E-state index >= 15 is 0 Å². The molecule has 0 spiro atoms. The van der Waals surface area contributed by atoms with E-state index in [0.29, 0.717) is 11.3 Å². The highest BCUT2D eigenvalue weighted by atomic mass is 16.5. The normalized spacial score (nSPS) is 9.85. The lowest BCUT2D eigenvalue weighted by Gasteiger charge is -2.08. The lowest BCUT2D eigenvalue weighted by Crippen LogP contribution is -2.06. The summed E-state index contributed by atoms with van der Waals surface area (Å²) in [5.41, 5.74) is 2.22. The minimum Gasteiger partial charge on any atom is -0.497 e. The van der Waals surface area contributed by atoms with Crippen LogP contribution >= 0.6 is 0 Å². The van der Waals surface area contributed by atoms with Gasteiger partial charge in [-0.2, -0.15) is 0 Å². The predicted molar refractivity (Wildman–Crippen MR) is 78.6 cm³/mol. The lowest BCUT2D eigenvalue weighted by molar-refractivity contribution is 0.0472. The first kappa shape index (κ1) is 13.9. The summed E-state index contributed by atoms with van der Waals surface area (Å²) in [6.45, 7) is 3.94. The van der Waals surface area contributed by atoms with E-state index in [0.717, 1.165) is 11.1 Å². The number of methoxy groups -OCH3 is 1. The van der Waals surface area contributed by atoms with Crippen LogP contribution in [0.2, 0.25) is 0 Å². The van der Waals surface area contributed by atoms with Crippen molar-refractivity contribution in [1.29, 1.82) is 0 Å². The van der Waals surface area contributed by atoms with Gasteiger partial charge in [-0.25, -0.2) is 4.79 Å². The van der Waals surface area contributed by atoms with Crippen LogP contribution in [0.5, 0.6) is 5.75 Å². The molecular weight excluding hydrogens is 252 g/mol. The Morgan fingerprint density at radius 2 is 1.95 bits per heavy atom. The van der Waals surface area contributed by atoms with Gasteiger partial charge in [0.2, 0.25) is 0 Å². The maximum atomic E-state index is 12.0. The Morgan fingerprint density at radius 1 is 1.20 bits per heavy atom. The number of rotatable bonds is 5. The van der Waals surface area contributed by atoms with Crippen LogP contribution in [-0.2, 0) is 11.3 Å². The van der Waals surface area contributed by atoms with Gasteiger partial charge in [0, 0.05) is 0 Å². The van der Waals surface area contributed by atoms with Crippen molar-refractivity contribution in [3.63, 3.8) is 0 Å². The molecule has 102 valence electrons. The number of carbonyl (C=O) groups is 1. The Bertz CT molecular complexity index is 603. The molecule has 0 unspecified atom stereocenters. The van der Waals surface area contributed by atoms with Gasteiger partial charge < -0.3 is 9.47 Å². The van der Waals surface area contributed by atoms with E-state index in [-0.39, 0.29) is 12.6 Å². The van der Waals surface area contributed by atoms with Gasteiger partial charge in [0.25, 0.3) is 0 Å². The highest BCUT2D eigenvalue weighted by Crippen LogP contribution is 2.19. The zero-order chi connectivity index (χ0) is 14.4. The molecule has 0 N–H and O–H groups in total. The van der Waals surface area contributed by atoms with Gasteiger partial charge in [-0.3, -0.25) is 0 Å². The first-order valence-corrected chi connectivity index (χ1v) is 6.25. The number of carbonyl (C=O) groups excluding carboxylic acids is 1. The van der Waals surface area contributed by atoms with Gasteiger partial charge in [-0.15, -0.1) is 0 Å². The molecule has 0 amide bonds. The SMILES string of the molecule is C=Cc1cc(OC)cc(C(=O)OCc2ccccc2)c1. The lowest BCUT2D eigenvalue weighted by atomic mass is 10.1. The summed E-state index contributed by atoms with van der Waals surface area (Å²) in [6.07, 6.45) is 1.66. The molecule has 0 saturated carbocycles. The van der Waals surface area contributed by atoms with Gasteiger partial charge in [-0.1, -0.05) is 43.0 Å². The summed E-state index contributed by atoms with van der Waals surface area (Å²) < 4.78 is 10.4. The summed E-state index contributed by atoms with van der Waals surface area (Å²) in [6, 6.07) is 14.7. The molecule has 2 rings (SSSR count). The molecule has 2 aromatic carbocycles. The highest BCUT2D eigenvalue weighted by molar-refractivity contribution is 5.90. The van der Waals surface area contributed by atoms with Crippen LogP contribution in [0.1, 0.15) is 21.5 Å². The maximum Gasteiger partial charge on any atom is 0.338 e. The standard InChI is InChI=1S/C17H16O3/c1-3-13-9-15(11-16(10-13)19-2)17(18)20-12-14-7-5-4-6-8-14/h3-11H,1,12H2,2H3. The smallest absolute Gasteiger partial charge is 0.338 e. The molecule has 0 aliphatic rings. The van der Waals surface area contributed by atoms with Crippen molar-refractivity contribution in [1.82, 2.24) is 0 Å². The monoisotopic (exact) mass is 268 g/mol. The van der Waals surface area contributed by atoms with E-state index in [9.17, 15) is 4.79 Å². The van der Waals surface area contributed by atoms with Crippen molar-refractivity contribution in [2.45, 2.75) is 6.61 Å². The van der Waals surface area contributed by atoms with Crippen LogP contribution in [0.4, 0.5) is 0 Å². The zero-order valence-electron chi connectivity index (χ0n) is 11.3. The number of ether oxygens (including phenoxy) is 2. The largest absolute Gasteiger partial charge is 0.497 e. The van der Waals surface area contributed by atoms with Crippen molar-refractivity contribution >= 4 is 12.0 Å². The molecule has 0 aliphatic heterocycles. The second-order valence-corrected chi connectivity index (χ2v) is 4.26. The molecule has 0 fully saturated rings. The summed E-state index contributed by atoms with van der Waals surface area (Å²) in [4.78, 5) is 12.0. The fraction of sp³-hybridized carbons (Fsp3) is 0.118. The summed E-state index contributed by atoms with van der Waals surface area (Å²) in [7, 11) is 1.56. The van der Waals surface area contributed by atoms with Gasteiger partial charge in [0.15, 0.2) is 0 Å². The van der Waals surface area contributed by atoms with Crippen molar-refractivity contribution in [2.75, 3.05) is 7.11 Å². The summed E-state index contributed by atoms with van der Waals surface area (Å²) in [5, 5.41) is 0. The molecule has 0 aliphatic carbocycles. The Morgan fingerprint density at radius 3 is 2.60 bits per heavy atom. The second kappa shape index (κ2) is 6.57. The average Bonchev–Trinajstić information content (AvgIpc) is 2.52. The molecular formula is C17H16O3. The Hall–Kier alpha value is -2.55. The number of hydrogen-bond acceptors (Lipinski definition) is 3. The van der Waals surface area contributed by atoms with Crippen LogP contribution in [0.3, 0.4) is 0 Å². The van der Waals surface area contributed by atoms with Crippen LogP contribution in [0.25, 0.3) is 6.08 Å². The molecule has 3 heteroatoms. The Kier molecular flexibility index (Phi) is 4.56. The van der Waals surface area contributed by atoms with Crippen molar-refractivity contribution < 1.29 is 14.3 Å². The van der Waals surface area contributed by atoms with E-state index in [1.165, 1.54) is 0 Å². The van der Waals surface area contributed by atoms with E-state index < -0.39 is 0 Å². The summed E-state index contributed by atoms with van der Waals surface area (Å²) >= 11 is 0. The molecule has 0 radical (unpaired) electrons. The predicted octanol–water partition coefficient (Wildman–Crippen LogP) is 3.70. The third-order valence-corrected chi connectivity index (χ3v) is 2.85. The van der Waals surface area contributed by atoms with Gasteiger partial charge in [-0.05, 0) is 29.3 Å². The molecule has 0 atom stereocenters. The fourth-order valence-corrected chi connectivity index (χ4v) is 1.78. The molecule has 0 saturated heterocycles. The first-order valence-electron chi connectivity index (χ1n) is 6.25. The zero-order valence-corrected chi connectivity index (χ0v) is 11.3. The molecule has 20 heavy (non-hydrogen) atoms.